The van der Waals surface area contributed by atoms with E-state index < -0.39 is 0 Å². The standard InChI is InChI=1S/C20H32N2O3/c1-17-10-14-22(15-11-17)13-4-12-21-20(23)5-3-16-25-19-8-6-18(24-2)7-9-19/h6-9,17H,3-5,10-16H2,1-2H3,(H,21,23). The van der Waals surface area contributed by atoms with Crippen LogP contribution in [0.3, 0.4) is 0 Å². The maximum atomic E-state index is 11.8. The van der Waals surface area contributed by atoms with Crippen LogP contribution >= 0.6 is 0 Å². The highest BCUT2D eigenvalue weighted by atomic mass is 16.5. The van der Waals surface area contributed by atoms with Gasteiger partial charge in [0.25, 0.3) is 0 Å². The first-order chi connectivity index (χ1) is 12.2. The molecule has 0 unspecified atom stereocenters. The molecule has 0 radical (unpaired) electrons. The summed E-state index contributed by atoms with van der Waals surface area (Å²) in [5, 5.41) is 3.01. The number of likely N-dealkylation sites (tertiary alicyclic amines) is 1. The van der Waals surface area contributed by atoms with E-state index in [9.17, 15) is 4.79 Å². The zero-order valence-electron chi connectivity index (χ0n) is 15.6. The van der Waals surface area contributed by atoms with Crippen molar-refractivity contribution in [1.82, 2.24) is 10.2 Å². The van der Waals surface area contributed by atoms with Gasteiger partial charge in [0.2, 0.25) is 5.91 Å². The van der Waals surface area contributed by atoms with Crippen LogP contribution in [0.25, 0.3) is 0 Å². The molecule has 1 aliphatic rings. The summed E-state index contributed by atoms with van der Waals surface area (Å²) < 4.78 is 10.7. The van der Waals surface area contributed by atoms with Crippen molar-refractivity contribution in [3.63, 3.8) is 0 Å². The highest BCUT2D eigenvalue weighted by Gasteiger charge is 2.14. The monoisotopic (exact) mass is 348 g/mol. The quantitative estimate of drug-likeness (QED) is 0.660. The topological polar surface area (TPSA) is 50.8 Å². The third-order valence-electron chi connectivity index (χ3n) is 4.73. The van der Waals surface area contributed by atoms with Crippen LogP contribution in [0, 0.1) is 5.92 Å². The molecule has 25 heavy (non-hydrogen) atoms. The Kier molecular flexibility index (Phi) is 8.60. The summed E-state index contributed by atoms with van der Waals surface area (Å²) in [6, 6.07) is 7.48. The van der Waals surface area contributed by atoms with Crippen molar-refractivity contribution in [3.05, 3.63) is 24.3 Å². The smallest absolute Gasteiger partial charge is 0.220 e. The Morgan fingerprint density at radius 2 is 1.84 bits per heavy atom. The van der Waals surface area contributed by atoms with Gasteiger partial charge in [0.1, 0.15) is 11.5 Å². The third kappa shape index (κ3) is 7.78. The van der Waals surface area contributed by atoms with Crippen molar-refractivity contribution in [1.29, 1.82) is 0 Å². The van der Waals surface area contributed by atoms with Crippen molar-refractivity contribution < 1.29 is 14.3 Å². The predicted octanol–water partition coefficient (Wildman–Crippen LogP) is 3.09. The van der Waals surface area contributed by atoms with Gasteiger partial charge in [-0.1, -0.05) is 6.92 Å². The molecule has 1 fully saturated rings. The van der Waals surface area contributed by atoms with E-state index in [-0.39, 0.29) is 5.91 Å². The normalized spacial score (nSPS) is 15.8. The van der Waals surface area contributed by atoms with E-state index in [1.165, 1.54) is 25.9 Å². The second kappa shape index (κ2) is 11.0. The van der Waals surface area contributed by atoms with E-state index >= 15 is 0 Å². The largest absolute Gasteiger partial charge is 0.497 e. The van der Waals surface area contributed by atoms with Crippen LogP contribution in [0.1, 0.15) is 39.0 Å². The molecular weight excluding hydrogens is 316 g/mol. The molecule has 0 aromatic heterocycles. The van der Waals surface area contributed by atoms with Gasteiger partial charge < -0.3 is 19.7 Å². The Balaban J connectivity index is 1.46. The lowest BCUT2D eigenvalue weighted by atomic mass is 9.99. The van der Waals surface area contributed by atoms with E-state index in [0.29, 0.717) is 13.0 Å². The molecule has 5 nitrogen and oxygen atoms in total. The molecule has 0 atom stereocenters. The van der Waals surface area contributed by atoms with Gasteiger partial charge in [0.05, 0.1) is 13.7 Å². The van der Waals surface area contributed by atoms with Gasteiger partial charge in [-0.25, -0.2) is 0 Å². The first-order valence-corrected chi connectivity index (χ1v) is 9.43. The van der Waals surface area contributed by atoms with Gasteiger partial charge in [0, 0.05) is 13.0 Å². The SMILES string of the molecule is COc1ccc(OCCCC(=O)NCCCN2CCC(C)CC2)cc1. The number of ether oxygens (including phenoxy) is 2. The number of nitrogens with one attached hydrogen (secondary N) is 1. The van der Waals surface area contributed by atoms with Crippen LogP contribution in [0.4, 0.5) is 0 Å². The first kappa shape index (κ1) is 19.6. The molecule has 1 heterocycles. The molecule has 1 saturated heterocycles. The van der Waals surface area contributed by atoms with Crippen LogP contribution in [-0.4, -0.2) is 50.7 Å². The number of carbonyl (C=O) groups is 1. The summed E-state index contributed by atoms with van der Waals surface area (Å²) in [5.41, 5.74) is 0. The molecule has 0 spiro atoms. The lowest BCUT2D eigenvalue weighted by molar-refractivity contribution is -0.121. The number of rotatable bonds is 10. The van der Waals surface area contributed by atoms with Crippen molar-refractivity contribution in [2.75, 3.05) is 39.9 Å². The molecule has 2 rings (SSSR count). The molecule has 0 aliphatic carbocycles. The van der Waals surface area contributed by atoms with Crippen LogP contribution < -0.4 is 14.8 Å². The maximum Gasteiger partial charge on any atom is 0.220 e. The van der Waals surface area contributed by atoms with E-state index in [0.717, 1.165) is 43.3 Å². The number of hydrogen-bond acceptors (Lipinski definition) is 4. The van der Waals surface area contributed by atoms with E-state index in [1.54, 1.807) is 7.11 Å². The molecule has 1 aromatic carbocycles. The summed E-state index contributed by atoms with van der Waals surface area (Å²) in [6.07, 6.45) is 4.88. The molecule has 0 bridgehead atoms. The van der Waals surface area contributed by atoms with Gasteiger partial charge in [-0.3, -0.25) is 4.79 Å². The summed E-state index contributed by atoms with van der Waals surface area (Å²) in [4.78, 5) is 14.3. The molecule has 1 aromatic rings. The third-order valence-corrected chi connectivity index (χ3v) is 4.73. The lowest BCUT2D eigenvalue weighted by Gasteiger charge is -2.30. The number of piperidine rings is 1. The van der Waals surface area contributed by atoms with E-state index in [2.05, 4.69) is 17.1 Å². The van der Waals surface area contributed by atoms with Crippen molar-refractivity contribution in [2.24, 2.45) is 5.92 Å². The number of carbonyl (C=O) groups excluding carboxylic acids is 1. The number of hydrogen-bond donors (Lipinski definition) is 1. The van der Waals surface area contributed by atoms with Gasteiger partial charge in [-0.05, 0) is 75.5 Å². The predicted molar refractivity (Wildman–Crippen MR) is 100 cm³/mol. The number of methoxy groups -OCH3 is 1. The summed E-state index contributed by atoms with van der Waals surface area (Å²) in [5.74, 6) is 2.60. The molecule has 1 aliphatic heterocycles. The fraction of sp³-hybridized carbons (Fsp3) is 0.650. The molecule has 1 N–H and O–H groups in total. The zero-order valence-corrected chi connectivity index (χ0v) is 15.6. The van der Waals surface area contributed by atoms with Crippen molar-refractivity contribution >= 4 is 5.91 Å². The van der Waals surface area contributed by atoms with Crippen molar-refractivity contribution in [2.45, 2.75) is 39.0 Å². The Labute approximate surface area is 151 Å². The van der Waals surface area contributed by atoms with E-state index in [4.69, 9.17) is 9.47 Å². The number of amides is 1. The van der Waals surface area contributed by atoms with Crippen LogP contribution in [0.2, 0.25) is 0 Å². The average Bonchev–Trinajstić information content (AvgIpc) is 2.64. The van der Waals surface area contributed by atoms with Crippen LogP contribution in [0.15, 0.2) is 24.3 Å². The second-order valence-electron chi connectivity index (χ2n) is 6.86. The number of benzene rings is 1. The Morgan fingerprint density at radius 3 is 2.52 bits per heavy atom. The van der Waals surface area contributed by atoms with Gasteiger partial charge in [-0.2, -0.15) is 0 Å². The maximum absolute atomic E-state index is 11.8. The Bertz CT molecular complexity index is 496. The Hall–Kier alpha value is -1.75. The molecule has 1 amide bonds. The van der Waals surface area contributed by atoms with Gasteiger partial charge >= 0.3 is 0 Å². The first-order valence-electron chi connectivity index (χ1n) is 9.43. The minimum absolute atomic E-state index is 0.116. The minimum Gasteiger partial charge on any atom is -0.497 e. The average molecular weight is 348 g/mol. The minimum atomic E-state index is 0.116. The fourth-order valence-corrected chi connectivity index (χ4v) is 3.00. The zero-order chi connectivity index (χ0) is 17.9. The summed E-state index contributed by atoms with van der Waals surface area (Å²) in [7, 11) is 1.64. The van der Waals surface area contributed by atoms with Gasteiger partial charge in [0.15, 0.2) is 0 Å². The van der Waals surface area contributed by atoms with Crippen LogP contribution in [0.5, 0.6) is 11.5 Å². The van der Waals surface area contributed by atoms with Gasteiger partial charge in [-0.15, -0.1) is 0 Å². The highest BCUT2D eigenvalue weighted by molar-refractivity contribution is 5.75. The second-order valence-corrected chi connectivity index (χ2v) is 6.86. The molecule has 0 saturated carbocycles. The molecule has 140 valence electrons. The van der Waals surface area contributed by atoms with Crippen LogP contribution in [-0.2, 0) is 4.79 Å². The van der Waals surface area contributed by atoms with Crippen molar-refractivity contribution in [3.8, 4) is 11.5 Å². The summed E-state index contributed by atoms with van der Waals surface area (Å²) in [6.45, 7) is 7.15. The fourth-order valence-electron chi connectivity index (χ4n) is 3.00. The molecular formula is C20H32N2O3. The highest BCUT2D eigenvalue weighted by Crippen LogP contribution is 2.17. The molecule has 5 heteroatoms. The number of nitrogens with zero attached hydrogens (tertiary/aromatic N) is 1. The van der Waals surface area contributed by atoms with E-state index in [1.807, 2.05) is 24.3 Å². The Morgan fingerprint density at radius 1 is 1.16 bits per heavy atom. The lowest BCUT2D eigenvalue weighted by Crippen LogP contribution is -2.35. The summed E-state index contributed by atoms with van der Waals surface area (Å²) >= 11 is 0.